The van der Waals surface area contributed by atoms with Crippen molar-refractivity contribution < 1.29 is 18.4 Å². The molecule has 0 aliphatic carbocycles. The maximum atomic E-state index is 13.2. The third-order valence-electron chi connectivity index (χ3n) is 5.64. The first-order valence-corrected chi connectivity index (χ1v) is 10.8. The number of hydrogen-bond donors (Lipinski definition) is 2. The van der Waals surface area contributed by atoms with E-state index in [-0.39, 0.29) is 23.3 Å². The summed E-state index contributed by atoms with van der Waals surface area (Å²) in [5.74, 6) is -1.21. The quantitative estimate of drug-likeness (QED) is 0.441. The summed E-state index contributed by atoms with van der Waals surface area (Å²) in [6, 6.07) is 16.9. The van der Waals surface area contributed by atoms with Gasteiger partial charge in [0, 0.05) is 43.5 Å². The highest BCUT2D eigenvalue weighted by atomic mass is 19.1. The molecule has 0 radical (unpaired) electrons. The Kier molecular flexibility index (Phi) is 6.87. The molecular formula is C26H24F2N4O2. The SMILES string of the molecule is Nc1cc(F)ccc1NC(=O)c1ccc(N2CCN(C(=O)/C=C/c3ccc(F)cc3)CC2)cc1. The van der Waals surface area contributed by atoms with Crippen molar-refractivity contribution >= 4 is 35.0 Å². The van der Waals surface area contributed by atoms with Crippen molar-refractivity contribution in [3.63, 3.8) is 0 Å². The normalized spacial score (nSPS) is 13.8. The van der Waals surface area contributed by atoms with E-state index in [1.807, 2.05) is 12.1 Å². The van der Waals surface area contributed by atoms with E-state index in [0.717, 1.165) is 17.3 Å². The first kappa shape index (κ1) is 23.0. The summed E-state index contributed by atoms with van der Waals surface area (Å²) in [6.45, 7) is 2.46. The first-order valence-electron chi connectivity index (χ1n) is 10.8. The zero-order chi connectivity index (χ0) is 24.1. The molecule has 0 aromatic heterocycles. The number of amides is 2. The Morgan fingerprint density at radius 3 is 2.15 bits per heavy atom. The van der Waals surface area contributed by atoms with E-state index in [9.17, 15) is 18.4 Å². The van der Waals surface area contributed by atoms with Gasteiger partial charge in [-0.05, 0) is 66.2 Å². The average molecular weight is 463 g/mol. The molecule has 0 unspecified atom stereocenters. The fourth-order valence-electron chi connectivity index (χ4n) is 3.70. The molecule has 8 heteroatoms. The molecular weight excluding hydrogens is 438 g/mol. The van der Waals surface area contributed by atoms with Crippen LogP contribution in [0.5, 0.6) is 0 Å². The topological polar surface area (TPSA) is 78.7 Å². The van der Waals surface area contributed by atoms with Crippen LogP contribution in [-0.2, 0) is 4.79 Å². The van der Waals surface area contributed by atoms with Crippen molar-refractivity contribution in [3.05, 3.63) is 95.6 Å². The van der Waals surface area contributed by atoms with Gasteiger partial charge >= 0.3 is 0 Å². The Balaban J connectivity index is 1.30. The maximum Gasteiger partial charge on any atom is 0.255 e. The van der Waals surface area contributed by atoms with Crippen molar-refractivity contribution in [3.8, 4) is 0 Å². The smallest absolute Gasteiger partial charge is 0.255 e. The van der Waals surface area contributed by atoms with Crippen molar-refractivity contribution in [2.24, 2.45) is 0 Å². The van der Waals surface area contributed by atoms with E-state index in [1.165, 1.54) is 30.3 Å². The van der Waals surface area contributed by atoms with Crippen LogP contribution in [0.1, 0.15) is 15.9 Å². The number of halogens is 2. The molecule has 174 valence electrons. The lowest BCUT2D eigenvalue weighted by Gasteiger charge is -2.35. The summed E-state index contributed by atoms with van der Waals surface area (Å²) in [5.41, 5.74) is 8.42. The van der Waals surface area contributed by atoms with Crippen molar-refractivity contribution in [2.75, 3.05) is 42.1 Å². The maximum absolute atomic E-state index is 13.2. The molecule has 0 atom stereocenters. The summed E-state index contributed by atoms with van der Waals surface area (Å²) in [7, 11) is 0. The highest BCUT2D eigenvalue weighted by Gasteiger charge is 2.20. The van der Waals surface area contributed by atoms with Gasteiger partial charge in [-0.15, -0.1) is 0 Å². The molecule has 1 aliphatic heterocycles. The second-order valence-electron chi connectivity index (χ2n) is 7.93. The molecule has 1 saturated heterocycles. The number of carbonyl (C=O) groups excluding carboxylic acids is 2. The molecule has 0 bridgehead atoms. The van der Waals surface area contributed by atoms with Crippen LogP contribution in [0.2, 0.25) is 0 Å². The number of benzene rings is 3. The number of hydrogen-bond acceptors (Lipinski definition) is 4. The second kappa shape index (κ2) is 10.2. The van der Waals surface area contributed by atoms with Crippen LogP contribution < -0.4 is 16.0 Å². The Labute approximate surface area is 196 Å². The Morgan fingerprint density at radius 1 is 0.853 bits per heavy atom. The summed E-state index contributed by atoms with van der Waals surface area (Å²) in [6.07, 6.45) is 3.18. The molecule has 3 N–H and O–H groups in total. The number of nitrogens with one attached hydrogen (secondary N) is 1. The number of nitrogen functional groups attached to an aromatic ring is 1. The molecule has 3 aromatic carbocycles. The van der Waals surface area contributed by atoms with Crippen LogP contribution in [0.25, 0.3) is 6.08 Å². The fraction of sp³-hybridized carbons (Fsp3) is 0.154. The summed E-state index contributed by atoms with van der Waals surface area (Å²) >= 11 is 0. The minimum Gasteiger partial charge on any atom is -0.397 e. The van der Waals surface area contributed by atoms with Crippen molar-refractivity contribution in [1.29, 1.82) is 0 Å². The van der Waals surface area contributed by atoms with E-state index in [4.69, 9.17) is 5.73 Å². The Hall–Kier alpha value is -4.20. The molecule has 1 aliphatic rings. The van der Waals surface area contributed by atoms with Gasteiger partial charge in [-0.2, -0.15) is 0 Å². The van der Waals surface area contributed by atoms with E-state index in [0.29, 0.717) is 37.4 Å². The Bertz CT molecular complexity index is 1200. The van der Waals surface area contributed by atoms with Crippen LogP contribution in [0.3, 0.4) is 0 Å². The number of nitrogens with two attached hydrogens (primary N) is 1. The molecule has 3 aromatic rings. The third kappa shape index (κ3) is 5.58. The van der Waals surface area contributed by atoms with Crippen LogP contribution in [0.15, 0.2) is 72.8 Å². The van der Waals surface area contributed by atoms with E-state index in [1.54, 1.807) is 35.2 Å². The first-order chi connectivity index (χ1) is 16.4. The Morgan fingerprint density at radius 2 is 1.50 bits per heavy atom. The lowest BCUT2D eigenvalue weighted by atomic mass is 10.1. The largest absolute Gasteiger partial charge is 0.397 e. The number of nitrogens with zero attached hydrogens (tertiary/aromatic N) is 2. The standard InChI is InChI=1S/C26H24F2N4O2/c27-20-6-1-18(2-7-20)3-12-25(33)32-15-13-31(14-16-32)22-9-4-19(5-10-22)26(34)30-24-11-8-21(28)17-23(24)29/h1-12,17H,13-16,29H2,(H,30,34)/b12-3+. The van der Waals surface area contributed by atoms with Gasteiger partial charge in [0.05, 0.1) is 11.4 Å². The van der Waals surface area contributed by atoms with E-state index < -0.39 is 5.82 Å². The van der Waals surface area contributed by atoms with Crippen molar-refractivity contribution in [2.45, 2.75) is 0 Å². The summed E-state index contributed by atoms with van der Waals surface area (Å²) in [5, 5.41) is 2.68. The molecule has 2 amide bonds. The van der Waals surface area contributed by atoms with E-state index >= 15 is 0 Å². The second-order valence-corrected chi connectivity index (χ2v) is 7.93. The highest BCUT2D eigenvalue weighted by molar-refractivity contribution is 6.05. The van der Waals surface area contributed by atoms with Gasteiger partial charge in [0.2, 0.25) is 5.91 Å². The number of anilines is 3. The van der Waals surface area contributed by atoms with Crippen LogP contribution >= 0.6 is 0 Å². The predicted octanol–water partition coefficient (Wildman–Crippen LogP) is 4.16. The van der Waals surface area contributed by atoms with Gasteiger partial charge in [0.15, 0.2) is 0 Å². The summed E-state index contributed by atoms with van der Waals surface area (Å²) in [4.78, 5) is 28.9. The molecule has 4 rings (SSSR count). The van der Waals surface area contributed by atoms with Gasteiger partial charge in [0.25, 0.3) is 5.91 Å². The van der Waals surface area contributed by atoms with Gasteiger partial charge < -0.3 is 20.9 Å². The molecule has 1 fully saturated rings. The lowest BCUT2D eigenvalue weighted by molar-refractivity contribution is -0.126. The zero-order valence-electron chi connectivity index (χ0n) is 18.4. The van der Waals surface area contributed by atoms with Crippen LogP contribution in [-0.4, -0.2) is 42.9 Å². The lowest BCUT2D eigenvalue weighted by Crippen LogP contribution is -2.48. The number of carbonyl (C=O) groups is 2. The molecule has 1 heterocycles. The van der Waals surface area contributed by atoms with Gasteiger partial charge in [0.1, 0.15) is 11.6 Å². The fourth-order valence-corrected chi connectivity index (χ4v) is 3.70. The average Bonchev–Trinajstić information content (AvgIpc) is 2.85. The van der Waals surface area contributed by atoms with Crippen molar-refractivity contribution in [1.82, 2.24) is 4.90 Å². The molecule has 6 nitrogen and oxygen atoms in total. The monoisotopic (exact) mass is 462 g/mol. The minimum atomic E-state index is -0.467. The molecule has 0 saturated carbocycles. The number of rotatable bonds is 5. The van der Waals surface area contributed by atoms with Crippen LogP contribution in [0, 0.1) is 11.6 Å². The predicted molar refractivity (Wildman–Crippen MR) is 129 cm³/mol. The zero-order valence-corrected chi connectivity index (χ0v) is 18.4. The highest BCUT2D eigenvalue weighted by Crippen LogP contribution is 2.22. The van der Waals surface area contributed by atoms with Gasteiger partial charge in [-0.3, -0.25) is 9.59 Å². The van der Waals surface area contributed by atoms with Crippen LogP contribution in [0.4, 0.5) is 25.8 Å². The van der Waals surface area contributed by atoms with Gasteiger partial charge in [-0.25, -0.2) is 8.78 Å². The minimum absolute atomic E-state index is 0.0870. The third-order valence-corrected chi connectivity index (χ3v) is 5.64. The summed E-state index contributed by atoms with van der Waals surface area (Å²) < 4.78 is 26.2. The van der Waals surface area contributed by atoms with E-state index in [2.05, 4.69) is 10.2 Å². The van der Waals surface area contributed by atoms with Gasteiger partial charge in [-0.1, -0.05) is 12.1 Å². The number of piperazine rings is 1. The molecule has 0 spiro atoms. The molecule has 34 heavy (non-hydrogen) atoms.